The van der Waals surface area contributed by atoms with Crippen molar-refractivity contribution >= 4 is 23.7 Å². The lowest BCUT2D eigenvalue weighted by Crippen LogP contribution is -2.50. The quantitative estimate of drug-likeness (QED) is 0.451. The number of hydrogen-bond donors (Lipinski definition) is 1. The molecule has 1 spiro atoms. The van der Waals surface area contributed by atoms with Crippen molar-refractivity contribution in [2.75, 3.05) is 13.2 Å². The Morgan fingerprint density at radius 2 is 1.77 bits per heavy atom. The number of urea groups is 1. The Hall–Kier alpha value is -2.77. The first-order chi connectivity index (χ1) is 14.0. The Kier molecular flexibility index (Phi) is 5.97. The Balaban J connectivity index is 1.55. The van der Waals surface area contributed by atoms with E-state index in [1.807, 2.05) is 0 Å². The van der Waals surface area contributed by atoms with E-state index < -0.39 is 48.2 Å². The maximum absolute atomic E-state index is 12.9. The number of benzene rings is 1. The van der Waals surface area contributed by atoms with Crippen molar-refractivity contribution in [1.29, 1.82) is 0 Å². The van der Waals surface area contributed by atoms with Gasteiger partial charge < -0.3 is 10.1 Å². The van der Waals surface area contributed by atoms with Gasteiger partial charge in [0, 0.05) is 5.56 Å². The highest BCUT2D eigenvalue weighted by Gasteiger charge is 2.53. The molecule has 1 heterocycles. The largest absolute Gasteiger partial charge is 0.456 e. The van der Waals surface area contributed by atoms with Crippen molar-refractivity contribution in [3.05, 3.63) is 35.6 Å². The van der Waals surface area contributed by atoms with Gasteiger partial charge in [-0.05, 0) is 61.3 Å². The highest BCUT2D eigenvalue weighted by atomic mass is 19.1. The van der Waals surface area contributed by atoms with Crippen LogP contribution in [0.2, 0.25) is 0 Å². The molecule has 2 aliphatic rings. The minimum absolute atomic E-state index is 0.133. The number of carbonyl (C=O) groups excluding carboxylic acids is 4. The zero-order valence-corrected chi connectivity index (χ0v) is 17.5. The molecule has 3 rings (SSSR count). The van der Waals surface area contributed by atoms with Gasteiger partial charge in [-0.2, -0.15) is 0 Å². The molecule has 0 atom stereocenters. The summed E-state index contributed by atoms with van der Waals surface area (Å²) in [6.45, 7) is 5.40. The number of halogens is 1. The third-order valence-corrected chi connectivity index (χ3v) is 6.13. The van der Waals surface area contributed by atoms with E-state index in [-0.39, 0.29) is 11.0 Å². The van der Waals surface area contributed by atoms with Gasteiger partial charge in [-0.1, -0.05) is 20.8 Å². The second-order valence-electron chi connectivity index (χ2n) is 9.13. The van der Waals surface area contributed by atoms with Crippen molar-refractivity contribution in [3.8, 4) is 0 Å². The van der Waals surface area contributed by atoms with E-state index in [0.29, 0.717) is 18.8 Å². The predicted molar refractivity (Wildman–Crippen MR) is 106 cm³/mol. The van der Waals surface area contributed by atoms with Crippen LogP contribution in [0, 0.1) is 17.2 Å². The lowest BCUT2D eigenvalue weighted by atomic mass is 9.67. The number of hydrogen-bond acceptors (Lipinski definition) is 5. The molecule has 1 saturated heterocycles. The fourth-order valence-electron chi connectivity index (χ4n) is 4.18. The third-order valence-electron chi connectivity index (χ3n) is 6.13. The van der Waals surface area contributed by atoms with Crippen LogP contribution in [0.4, 0.5) is 9.18 Å². The summed E-state index contributed by atoms with van der Waals surface area (Å²) in [7, 11) is 0. The van der Waals surface area contributed by atoms with Crippen molar-refractivity contribution in [2.24, 2.45) is 11.3 Å². The number of Topliss-reactive ketones (excluding diaryl/α,β-unsaturated/α-hetero) is 1. The van der Waals surface area contributed by atoms with Crippen LogP contribution in [0.25, 0.3) is 0 Å². The Morgan fingerprint density at radius 3 is 2.33 bits per heavy atom. The second kappa shape index (κ2) is 8.16. The summed E-state index contributed by atoms with van der Waals surface area (Å²) in [5, 5.41) is 2.77. The molecular weight excluding hydrogens is 391 g/mol. The zero-order valence-electron chi connectivity index (χ0n) is 17.5. The molecule has 1 N–H and O–H groups in total. The van der Waals surface area contributed by atoms with Crippen LogP contribution < -0.4 is 5.32 Å². The van der Waals surface area contributed by atoms with Gasteiger partial charge in [0.15, 0.2) is 12.4 Å². The number of amides is 3. The molecular formula is C22H27FN2O5. The van der Waals surface area contributed by atoms with Crippen molar-refractivity contribution in [3.63, 3.8) is 0 Å². The van der Waals surface area contributed by atoms with Gasteiger partial charge in [0.25, 0.3) is 5.91 Å². The average molecular weight is 418 g/mol. The van der Waals surface area contributed by atoms with Crippen LogP contribution in [0.1, 0.15) is 56.8 Å². The summed E-state index contributed by atoms with van der Waals surface area (Å²) in [5.74, 6) is -1.79. The van der Waals surface area contributed by atoms with E-state index in [9.17, 15) is 23.6 Å². The van der Waals surface area contributed by atoms with Gasteiger partial charge in [0.05, 0.1) is 0 Å². The maximum Gasteiger partial charge on any atom is 0.326 e. The maximum atomic E-state index is 12.9. The Morgan fingerprint density at radius 1 is 1.17 bits per heavy atom. The van der Waals surface area contributed by atoms with E-state index in [1.54, 1.807) is 0 Å². The first-order valence-corrected chi connectivity index (χ1v) is 10.1. The number of nitrogens with one attached hydrogen (secondary N) is 1. The molecule has 1 aromatic carbocycles. The number of nitrogens with zero attached hydrogens (tertiary/aromatic N) is 1. The van der Waals surface area contributed by atoms with Gasteiger partial charge in [0.2, 0.25) is 0 Å². The monoisotopic (exact) mass is 418 g/mol. The molecule has 2 fully saturated rings. The number of carbonyl (C=O) groups is 4. The number of ether oxygens (including phenoxy) is 1. The fourth-order valence-corrected chi connectivity index (χ4v) is 4.18. The highest BCUT2D eigenvalue weighted by Crippen LogP contribution is 2.43. The molecule has 1 aliphatic heterocycles. The van der Waals surface area contributed by atoms with Gasteiger partial charge in [-0.15, -0.1) is 0 Å². The minimum atomic E-state index is -0.955. The smallest absolute Gasteiger partial charge is 0.326 e. The van der Waals surface area contributed by atoms with Crippen LogP contribution in [0.3, 0.4) is 0 Å². The summed E-state index contributed by atoms with van der Waals surface area (Å²) in [5.41, 5.74) is -0.620. The van der Waals surface area contributed by atoms with Crippen LogP contribution in [0.5, 0.6) is 0 Å². The summed E-state index contributed by atoms with van der Waals surface area (Å²) in [6.07, 6.45) is 2.71. The van der Waals surface area contributed by atoms with Crippen LogP contribution in [-0.4, -0.2) is 47.3 Å². The average Bonchev–Trinajstić information content (AvgIpc) is 2.90. The Bertz CT molecular complexity index is 851. The molecule has 0 radical (unpaired) electrons. The van der Waals surface area contributed by atoms with E-state index in [1.165, 1.54) is 12.1 Å². The second-order valence-corrected chi connectivity index (χ2v) is 9.13. The molecule has 1 aliphatic carbocycles. The van der Waals surface area contributed by atoms with Crippen molar-refractivity contribution in [1.82, 2.24) is 10.2 Å². The van der Waals surface area contributed by atoms with E-state index in [0.717, 1.165) is 29.9 Å². The molecule has 1 saturated carbocycles. The lowest BCUT2D eigenvalue weighted by Gasteiger charge is -2.40. The summed E-state index contributed by atoms with van der Waals surface area (Å²) in [4.78, 5) is 50.3. The Labute approximate surface area is 174 Å². The number of esters is 1. The van der Waals surface area contributed by atoms with Gasteiger partial charge in [-0.3, -0.25) is 19.3 Å². The molecule has 8 heteroatoms. The number of imide groups is 1. The molecule has 0 unspecified atom stereocenters. The minimum Gasteiger partial charge on any atom is -0.456 e. The normalized spacial score (nSPS) is 24.1. The van der Waals surface area contributed by atoms with Gasteiger partial charge >= 0.3 is 12.0 Å². The molecule has 0 aromatic heterocycles. The van der Waals surface area contributed by atoms with Crippen molar-refractivity contribution < 1.29 is 28.3 Å². The van der Waals surface area contributed by atoms with Crippen LogP contribution >= 0.6 is 0 Å². The SMILES string of the molecule is CC(C)(C)C1CCC2(CC1)NC(=O)N(CC(=O)OCC(=O)c1ccc(F)cc1)C2=O. The van der Waals surface area contributed by atoms with E-state index in [4.69, 9.17) is 4.74 Å². The molecule has 3 amide bonds. The third kappa shape index (κ3) is 4.52. The van der Waals surface area contributed by atoms with Crippen LogP contribution in [-0.2, 0) is 14.3 Å². The first-order valence-electron chi connectivity index (χ1n) is 10.1. The van der Waals surface area contributed by atoms with Crippen LogP contribution in [0.15, 0.2) is 24.3 Å². The summed E-state index contributed by atoms with van der Waals surface area (Å²) in [6, 6.07) is 4.24. The van der Waals surface area contributed by atoms with Crippen molar-refractivity contribution in [2.45, 2.75) is 52.0 Å². The van der Waals surface area contributed by atoms with Gasteiger partial charge in [-0.25, -0.2) is 9.18 Å². The molecule has 162 valence electrons. The van der Waals surface area contributed by atoms with E-state index in [2.05, 4.69) is 26.1 Å². The summed E-state index contributed by atoms with van der Waals surface area (Å²) < 4.78 is 17.9. The topological polar surface area (TPSA) is 92.8 Å². The summed E-state index contributed by atoms with van der Waals surface area (Å²) >= 11 is 0. The molecule has 0 bridgehead atoms. The standard InChI is InChI=1S/C22H27FN2O5/c1-21(2,3)15-8-10-22(11-9-15)19(28)25(20(29)24-22)12-18(27)30-13-17(26)14-4-6-16(23)7-5-14/h4-7,15H,8-13H2,1-3H3,(H,24,29). The van der Waals surface area contributed by atoms with E-state index >= 15 is 0 Å². The first kappa shape index (κ1) is 21.9. The highest BCUT2D eigenvalue weighted by molar-refractivity contribution is 6.09. The predicted octanol–water partition coefficient (Wildman–Crippen LogP) is 3.08. The van der Waals surface area contributed by atoms with Gasteiger partial charge in [0.1, 0.15) is 17.9 Å². The lowest BCUT2D eigenvalue weighted by molar-refractivity contribution is -0.147. The molecule has 7 nitrogen and oxygen atoms in total. The number of ketones is 1. The number of rotatable bonds is 5. The molecule has 30 heavy (non-hydrogen) atoms. The zero-order chi connectivity index (χ0) is 22.1. The fraction of sp³-hybridized carbons (Fsp3) is 0.545. The molecule has 1 aromatic rings.